The highest BCUT2D eigenvalue weighted by Gasteiger charge is 2.27. The first-order valence-corrected chi connectivity index (χ1v) is 12.2. The molecule has 2 atom stereocenters. The maximum Gasteiger partial charge on any atom is 0.256 e. The predicted molar refractivity (Wildman–Crippen MR) is 144 cm³/mol. The molecular formula is C29H32N4O4. The number of nitrogens with one attached hydrogen (secondary N) is 4. The quantitative estimate of drug-likeness (QED) is 0.344. The fraction of sp³-hybridized carbons (Fsp3) is 0.276. The van der Waals surface area contributed by atoms with Crippen LogP contribution in [0.5, 0.6) is 0 Å². The SMILES string of the molecule is COC[C@H](C)NC(=O)c1c(C)[nH]c(/C=C2\C(=O)Nc3ccc(C(=O)N[C@H](C)c4ccccc4)cc32)c1C. The van der Waals surface area contributed by atoms with Crippen molar-refractivity contribution in [2.24, 2.45) is 0 Å². The van der Waals surface area contributed by atoms with Gasteiger partial charge in [-0.25, -0.2) is 0 Å². The number of amides is 3. The number of ether oxygens (including phenoxy) is 1. The van der Waals surface area contributed by atoms with E-state index in [0.717, 1.165) is 11.1 Å². The number of aromatic amines is 1. The van der Waals surface area contributed by atoms with Crippen molar-refractivity contribution in [3.05, 3.63) is 87.7 Å². The molecule has 0 saturated heterocycles. The molecule has 8 heteroatoms. The van der Waals surface area contributed by atoms with Gasteiger partial charge in [-0.15, -0.1) is 0 Å². The van der Waals surface area contributed by atoms with Crippen molar-refractivity contribution in [3.8, 4) is 0 Å². The van der Waals surface area contributed by atoms with E-state index in [1.165, 1.54) is 0 Å². The Morgan fingerprint density at radius 3 is 2.46 bits per heavy atom. The summed E-state index contributed by atoms with van der Waals surface area (Å²) >= 11 is 0. The molecule has 1 aromatic heterocycles. The summed E-state index contributed by atoms with van der Waals surface area (Å²) in [6, 6.07) is 14.6. The Kier molecular flexibility index (Phi) is 7.59. The van der Waals surface area contributed by atoms with Gasteiger partial charge in [0.2, 0.25) is 0 Å². The van der Waals surface area contributed by atoms with Crippen LogP contribution in [0, 0.1) is 13.8 Å². The van der Waals surface area contributed by atoms with Gasteiger partial charge in [-0.2, -0.15) is 0 Å². The molecule has 0 unspecified atom stereocenters. The zero-order valence-electron chi connectivity index (χ0n) is 21.7. The molecule has 4 rings (SSSR count). The molecule has 3 aromatic rings. The Balaban J connectivity index is 1.60. The molecule has 0 fully saturated rings. The number of hydrogen-bond donors (Lipinski definition) is 4. The van der Waals surface area contributed by atoms with Crippen molar-refractivity contribution in [3.63, 3.8) is 0 Å². The maximum atomic E-state index is 13.0. The lowest BCUT2D eigenvalue weighted by Gasteiger charge is -2.14. The number of hydrogen-bond acceptors (Lipinski definition) is 4. The Bertz CT molecular complexity index is 1370. The van der Waals surface area contributed by atoms with E-state index in [0.29, 0.717) is 45.9 Å². The Morgan fingerprint density at radius 1 is 1.03 bits per heavy atom. The van der Waals surface area contributed by atoms with E-state index in [1.54, 1.807) is 31.4 Å². The van der Waals surface area contributed by atoms with Crippen molar-refractivity contribution in [2.45, 2.75) is 39.8 Å². The number of H-pyrrole nitrogens is 1. The number of rotatable bonds is 8. The molecule has 37 heavy (non-hydrogen) atoms. The van der Waals surface area contributed by atoms with E-state index in [4.69, 9.17) is 4.74 Å². The van der Waals surface area contributed by atoms with Crippen LogP contribution < -0.4 is 16.0 Å². The van der Waals surface area contributed by atoms with E-state index in [2.05, 4.69) is 20.9 Å². The first kappa shape index (κ1) is 25.9. The van der Waals surface area contributed by atoms with Crippen molar-refractivity contribution < 1.29 is 19.1 Å². The average Bonchev–Trinajstić information content (AvgIpc) is 3.33. The first-order valence-electron chi connectivity index (χ1n) is 12.2. The highest BCUT2D eigenvalue weighted by atomic mass is 16.5. The molecule has 2 heterocycles. The van der Waals surface area contributed by atoms with Crippen LogP contribution >= 0.6 is 0 Å². The summed E-state index contributed by atoms with van der Waals surface area (Å²) in [5, 5.41) is 8.80. The molecule has 1 aliphatic heterocycles. The smallest absolute Gasteiger partial charge is 0.256 e. The van der Waals surface area contributed by atoms with E-state index >= 15 is 0 Å². The summed E-state index contributed by atoms with van der Waals surface area (Å²) in [6.07, 6.45) is 1.73. The monoisotopic (exact) mass is 500 g/mol. The highest BCUT2D eigenvalue weighted by Crippen LogP contribution is 2.35. The Morgan fingerprint density at radius 2 is 1.76 bits per heavy atom. The van der Waals surface area contributed by atoms with E-state index in [-0.39, 0.29) is 29.8 Å². The number of benzene rings is 2. The second-order valence-electron chi connectivity index (χ2n) is 9.37. The van der Waals surface area contributed by atoms with Crippen LogP contribution in [-0.4, -0.2) is 42.5 Å². The fourth-order valence-corrected chi connectivity index (χ4v) is 4.57. The highest BCUT2D eigenvalue weighted by molar-refractivity contribution is 6.35. The second-order valence-corrected chi connectivity index (χ2v) is 9.37. The number of methoxy groups -OCH3 is 1. The zero-order valence-corrected chi connectivity index (χ0v) is 21.7. The molecule has 8 nitrogen and oxygen atoms in total. The van der Waals surface area contributed by atoms with Crippen LogP contribution in [-0.2, 0) is 9.53 Å². The lowest BCUT2D eigenvalue weighted by atomic mass is 10.0. The van der Waals surface area contributed by atoms with Gasteiger partial charge in [-0.05, 0) is 63.1 Å². The van der Waals surface area contributed by atoms with Crippen molar-refractivity contribution >= 4 is 35.1 Å². The zero-order chi connectivity index (χ0) is 26.7. The Hall–Kier alpha value is -4.17. The molecule has 0 radical (unpaired) electrons. The first-order chi connectivity index (χ1) is 17.7. The lowest BCUT2D eigenvalue weighted by molar-refractivity contribution is -0.110. The average molecular weight is 501 g/mol. The van der Waals surface area contributed by atoms with Crippen molar-refractivity contribution in [1.82, 2.24) is 15.6 Å². The molecular weight excluding hydrogens is 468 g/mol. The van der Waals surface area contributed by atoms with Crippen molar-refractivity contribution in [2.75, 3.05) is 19.0 Å². The van der Waals surface area contributed by atoms with Gasteiger partial charge in [0.05, 0.1) is 23.8 Å². The van der Waals surface area contributed by atoms with Gasteiger partial charge in [0.1, 0.15) is 0 Å². The molecule has 4 N–H and O–H groups in total. The summed E-state index contributed by atoms with van der Waals surface area (Å²) in [6.45, 7) is 7.87. The van der Waals surface area contributed by atoms with E-state index in [9.17, 15) is 14.4 Å². The lowest BCUT2D eigenvalue weighted by Crippen LogP contribution is -2.36. The number of fused-ring (bicyclic) bond motifs is 1. The summed E-state index contributed by atoms with van der Waals surface area (Å²) in [7, 11) is 1.59. The van der Waals surface area contributed by atoms with Crippen LogP contribution in [0.15, 0.2) is 48.5 Å². The van der Waals surface area contributed by atoms with Gasteiger partial charge in [0.25, 0.3) is 17.7 Å². The van der Waals surface area contributed by atoms with E-state index in [1.807, 2.05) is 58.0 Å². The molecule has 0 bridgehead atoms. The minimum Gasteiger partial charge on any atom is -0.383 e. The fourth-order valence-electron chi connectivity index (χ4n) is 4.57. The van der Waals surface area contributed by atoms with Gasteiger partial charge in [0.15, 0.2) is 0 Å². The van der Waals surface area contributed by atoms with Crippen LogP contribution in [0.2, 0.25) is 0 Å². The topological polar surface area (TPSA) is 112 Å². The van der Waals surface area contributed by atoms with Crippen LogP contribution in [0.25, 0.3) is 11.6 Å². The van der Waals surface area contributed by atoms with Gasteiger partial charge < -0.3 is 25.7 Å². The minimum atomic E-state index is -0.267. The number of carbonyl (C=O) groups is 3. The van der Waals surface area contributed by atoms with Crippen LogP contribution in [0.3, 0.4) is 0 Å². The summed E-state index contributed by atoms with van der Waals surface area (Å²) < 4.78 is 5.10. The van der Waals surface area contributed by atoms with Crippen molar-refractivity contribution in [1.29, 1.82) is 0 Å². The summed E-state index contributed by atoms with van der Waals surface area (Å²) in [4.78, 5) is 41.9. The predicted octanol–water partition coefficient (Wildman–Crippen LogP) is 4.38. The minimum absolute atomic E-state index is 0.144. The molecule has 1 aliphatic rings. The standard InChI is InChI=1S/C29H32N4O4/c1-16(15-37-5)30-29(36)26-17(2)25(31-19(26)4)14-23-22-13-21(11-12-24(22)33-28(23)35)27(34)32-18(3)20-9-7-6-8-10-20/h6-14,16,18,31H,15H2,1-5H3,(H,30,36)(H,32,34)(H,33,35)/b23-14-/t16-,18+/m0/s1. The third-order valence-corrected chi connectivity index (χ3v) is 6.50. The van der Waals surface area contributed by atoms with Gasteiger partial charge >= 0.3 is 0 Å². The molecule has 2 aromatic carbocycles. The summed E-state index contributed by atoms with van der Waals surface area (Å²) in [5.41, 5.74) is 5.78. The van der Waals surface area contributed by atoms with Gasteiger partial charge in [0, 0.05) is 41.4 Å². The number of anilines is 1. The Labute approximate surface area is 216 Å². The number of aryl methyl sites for hydroxylation is 1. The third kappa shape index (κ3) is 5.49. The van der Waals surface area contributed by atoms with Crippen LogP contribution in [0.1, 0.15) is 68.7 Å². The molecule has 0 aliphatic carbocycles. The molecule has 0 saturated carbocycles. The number of aromatic nitrogens is 1. The van der Waals surface area contributed by atoms with Gasteiger partial charge in [-0.3, -0.25) is 14.4 Å². The van der Waals surface area contributed by atoms with E-state index < -0.39 is 0 Å². The second kappa shape index (κ2) is 10.8. The normalized spacial score (nSPS) is 15.2. The summed E-state index contributed by atoms with van der Waals surface area (Å²) in [5.74, 6) is -0.700. The van der Waals surface area contributed by atoms with Crippen LogP contribution in [0.4, 0.5) is 5.69 Å². The van der Waals surface area contributed by atoms with Gasteiger partial charge in [-0.1, -0.05) is 30.3 Å². The molecule has 3 amide bonds. The molecule has 0 spiro atoms. The number of carbonyl (C=O) groups excluding carboxylic acids is 3. The maximum absolute atomic E-state index is 13.0. The third-order valence-electron chi connectivity index (χ3n) is 6.50. The molecule has 192 valence electrons. The largest absolute Gasteiger partial charge is 0.383 e.